The van der Waals surface area contributed by atoms with E-state index in [0.29, 0.717) is 16.2 Å². The van der Waals surface area contributed by atoms with Crippen LogP contribution in [-0.4, -0.2) is 16.9 Å². The van der Waals surface area contributed by atoms with Gasteiger partial charge in [-0.3, -0.25) is 14.4 Å². The lowest BCUT2D eigenvalue weighted by Crippen LogP contribution is -2.29. The van der Waals surface area contributed by atoms with Crippen molar-refractivity contribution in [2.24, 2.45) is 0 Å². The van der Waals surface area contributed by atoms with Gasteiger partial charge in [0.25, 0.3) is 0 Å². The first-order valence-corrected chi connectivity index (χ1v) is 11.9. The Balaban J connectivity index is 1.53. The van der Waals surface area contributed by atoms with Gasteiger partial charge >= 0.3 is 11.8 Å². The fourth-order valence-electron chi connectivity index (χ4n) is 4.89. The van der Waals surface area contributed by atoms with Crippen molar-refractivity contribution < 1.29 is 23.3 Å². The van der Waals surface area contributed by atoms with Crippen LogP contribution in [0.4, 0.5) is 0 Å². The summed E-state index contributed by atoms with van der Waals surface area (Å²) in [6.07, 6.45) is 0. The van der Waals surface area contributed by atoms with Crippen molar-refractivity contribution in [2.45, 2.75) is 6.61 Å². The van der Waals surface area contributed by atoms with Crippen LogP contribution in [0, 0.1) is 0 Å². The largest absolute Gasteiger partial charge is 0.447 e. The van der Waals surface area contributed by atoms with E-state index in [1.807, 2.05) is 103 Å². The highest BCUT2D eigenvalue weighted by atomic mass is 16.7. The van der Waals surface area contributed by atoms with Crippen molar-refractivity contribution in [3.05, 3.63) is 120 Å². The molecule has 0 aliphatic carbocycles. The van der Waals surface area contributed by atoms with Gasteiger partial charge in [-0.05, 0) is 39.2 Å². The second kappa shape index (κ2) is 8.33. The van der Waals surface area contributed by atoms with E-state index in [4.69, 9.17) is 13.7 Å². The molecule has 2 amide bonds. The van der Waals surface area contributed by atoms with Crippen molar-refractivity contribution in [1.29, 1.82) is 0 Å². The van der Waals surface area contributed by atoms with Gasteiger partial charge in [0.1, 0.15) is 17.8 Å². The lowest BCUT2D eigenvalue weighted by atomic mass is 9.98. The maximum absolute atomic E-state index is 13.4. The summed E-state index contributed by atoms with van der Waals surface area (Å²) in [5, 5.41) is 6.21. The highest BCUT2D eigenvalue weighted by Crippen LogP contribution is 2.37. The van der Waals surface area contributed by atoms with E-state index in [0.717, 1.165) is 37.9 Å². The van der Waals surface area contributed by atoms with E-state index in [1.165, 1.54) is 0 Å². The zero-order valence-corrected chi connectivity index (χ0v) is 19.5. The van der Waals surface area contributed by atoms with Crippen LogP contribution in [0.2, 0.25) is 0 Å². The zero-order chi connectivity index (χ0) is 24.9. The van der Waals surface area contributed by atoms with Crippen LogP contribution in [0.3, 0.4) is 0 Å². The van der Waals surface area contributed by atoms with Gasteiger partial charge in [0, 0.05) is 10.8 Å². The SMILES string of the molecule is O=C1c2oc3ccc4ccccc4c3c3c(ccc4ccccc43)oc2C(=O)N1OCc1ccccc1. The van der Waals surface area contributed by atoms with E-state index in [1.54, 1.807) is 0 Å². The second-order valence-electron chi connectivity index (χ2n) is 8.85. The van der Waals surface area contributed by atoms with E-state index in [2.05, 4.69) is 0 Å². The lowest BCUT2D eigenvalue weighted by Gasteiger charge is -2.12. The Hall–Kier alpha value is -4.94. The molecule has 0 N–H and O–H groups in total. The topological polar surface area (TPSA) is 72.9 Å². The minimum atomic E-state index is -0.709. The minimum Gasteiger partial charge on any atom is -0.447 e. The zero-order valence-electron chi connectivity index (χ0n) is 19.5. The summed E-state index contributed by atoms with van der Waals surface area (Å²) in [6, 6.07) is 32.8. The average Bonchev–Trinajstić information content (AvgIpc) is 3.14. The van der Waals surface area contributed by atoms with E-state index >= 15 is 0 Å². The Kier molecular flexibility index (Phi) is 4.80. The summed E-state index contributed by atoms with van der Waals surface area (Å²) in [7, 11) is 0. The number of nitrogens with zero attached hydrogens (tertiary/aromatic N) is 1. The Morgan fingerprint density at radius 1 is 0.568 bits per heavy atom. The molecule has 0 bridgehead atoms. The lowest BCUT2D eigenvalue weighted by molar-refractivity contribution is -0.102. The van der Waals surface area contributed by atoms with Gasteiger partial charge in [-0.1, -0.05) is 91.0 Å². The predicted molar refractivity (Wildman–Crippen MR) is 140 cm³/mol. The summed E-state index contributed by atoms with van der Waals surface area (Å²) in [5.41, 5.74) is 1.73. The Labute approximate surface area is 210 Å². The second-order valence-corrected chi connectivity index (χ2v) is 8.85. The third-order valence-corrected chi connectivity index (χ3v) is 6.62. The van der Waals surface area contributed by atoms with Crippen molar-refractivity contribution in [3.63, 3.8) is 0 Å². The monoisotopic (exact) mass is 485 g/mol. The predicted octanol–water partition coefficient (Wildman–Crippen LogP) is 7.34. The number of carbonyl (C=O) groups is 2. The Morgan fingerprint density at radius 2 is 1.05 bits per heavy atom. The van der Waals surface area contributed by atoms with Crippen LogP contribution in [0.5, 0.6) is 0 Å². The van der Waals surface area contributed by atoms with Crippen molar-refractivity contribution in [2.75, 3.05) is 0 Å². The van der Waals surface area contributed by atoms with Gasteiger partial charge in [0.15, 0.2) is 0 Å². The summed E-state index contributed by atoms with van der Waals surface area (Å²) in [6.45, 7) is 0.0430. The third kappa shape index (κ3) is 3.38. The van der Waals surface area contributed by atoms with Crippen molar-refractivity contribution >= 4 is 55.3 Å². The maximum Gasteiger partial charge on any atom is 0.325 e. The first kappa shape index (κ1) is 21.4. The molecule has 7 rings (SSSR count). The standard InChI is InChI=1S/C31H19NO5/c33-30-28-29(31(34)32(30)35-18-19-8-2-1-3-9-19)37-25-17-15-21-11-5-7-13-23(21)27(25)26-22-12-6-4-10-20(22)14-16-24(26)36-28/h1-17H,18H2. The van der Waals surface area contributed by atoms with Gasteiger partial charge in [-0.15, -0.1) is 5.06 Å². The van der Waals surface area contributed by atoms with Crippen LogP contribution < -0.4 is 0 Å². The van der Waals surface area contributed by atoms with Crippen LogP contribution >= 0.6 is 0 Å². The van der Waals surface area contributed by atoms with E-state index < -0.39 is 11.8 Å². The molecular formula is C31H19NO5. The highest BCUT2D eigenvalue weighted by Gasteiger charge is 2.42. The van der Waals surface area contributed by atoms with Gasteiger partial charge < -0.3 is 8.83 Å². The molecule has 0 spiro atoms. The number of hydrogen-bond acceptors (Lipinski definition) is 5. The summed E-state index contributed by atoms with van der Waals surface area (Å²) in [5.74, 6) is -1.82. The number of amides is 2. The third-order valence-electron chi connectivity index (χ3n) is 6.62. The van der Waals surface area contributed by atoms with Crippen LogP contribution in [0.1, 0.15) is 26.7 Å². The molecule has 0 fully saturated rings. The molecule has 0 atom stereocenters. The number of hydroxylamine groups is 2. The number of fused-ring (bicyclic) bond motifs is 8. The van der Waals surface area contributed by atoms with Gasteiger partial charge in [-0.25, -0.2) is 0 Å². The molecular weight excluding hydrogens is 466 g/mol. The summed E-state index contributed by atoms with van der Waals surface area (Å²) >= 11 is 0. The quantitative estimate of drug-likeness (QED) is 0.245. The summed E-state index contributed by atoms with van der Waals surface area (Å²) in [4.78, 5) is 32.3. The molecule has 6 aromatic rings. The molecule has 1 aromatic heterocycles. The van der Waals surface area contributed by atoms with E-state index in [9.17, 15) is 9.59 Å². The number of benzene rings is 5. The summed E-state index contributed by atoms with van der Waals surface area (Å²) < 4.78 is 12.4. The van der Waals surface area contributed by atoms with Crippen LogP contribution in [0.15, 0.2) is 112 Å². The first-order valence-electron chi connectivity index (χ1n) is 11.9. The molecule has 0 saturated carbocycles. The maximum atomic E-state index is 13.4. The number of carbonyl (C=O) groups excluding carboxylic acids is 2. The minimum absolute atomic E-state index is 0.0430. The van der Waals surface area contributed by atoms with Gasteiger partial charge in [0.2, 0.25) is 11.5 Å². The molecule has 6 nitrogen and oxygen atoms in total. The number of hydrogen-bond donors (Lipinski definition) is 0. The molecule has 6 heteroatoms. The van der Waals surface area contributed by atoms with Gasteiger partial charge in [-0.2, -0.15) is 0 Å². The number of imide groups is 1. The molecule has 1 aliphatic rings. The molecule has 5 aromatic carbocycles. The molecule has 178 valence electrons. The smallest absolute Gasteiger partial charge is 0.325 e. The molecule has 2 heterocycles. The molecule has 0 radical (unpaired) electrons. The van der Waals surface area contributed by atoms with Crippen molar-refractivity contribution in [3.8, 4) is 0 Å². The van der Waals surface area contributed by atoms with Crippen LogP contribution in [-0.2, 0) is 11.4 Å². The van der Waals surface area contributed by atoms with E-state index in [-0.39, 0.29) is 18.1 Å². The Bertz CT molecular complexity index is 1810. The fourth-order valence-corrected chi connectivity index (χ4v) is 4.89. The molecule has 0 saturated heterocycles. The molecule has 37 heavy (non-hydrogen) atoms. The number of rotatable bonds is 3. The normalized spacial score (nSPS) is 13.1. The molecule has 0 unspecified atom stereocenters. The Morgan fingerprint density at radius 3 is 1.59 bits per heavy atom. The molecule has 1 aliphatic heterocycles. The average molecular weight is 485 g/mol. The van der Waals surface area contributed by atoms with Crippen molar-refractivity contribution in [1.82, 2.24) is 5.06 Å². The van der Waals surface area contributed by atoms with Gasteiger partial charge in [0.05, 0.1) is 0 Å². The first-order chi connectivity index (χ1) is 18.2. The fraction of sp³-hybridized carbons (Fsp3) is 0.0323. The highest BCUT2D eigenvalue weighted by molar-refractivity contribution is 6.25. The van der Waals surface area contributed by atoms with Crippen LogP contribution in [0.25, 0.3) is 43.5 Å².